The standard InChI is InChI=1S/C16H18FNO2/c17-12-7-3-6-11(8-12)15-13(10-4-1-2-5-10)9-14(19)18-16(15)20/h3,6-8,10,13,15H,1-2,4-5,9H2,(H,18,19,20). The molecule has 0 aromatic heterocycles. The van der Waals surface area contributed by atoms with Crippen LogP contribution in [0.1, 0.15) is 43.6 Å². The van der Waals surface area contributed by atoms with Crippen LogP contribution in [-0.4, -0.2) is 11.8 Å². The van der Waals surface area contributed by atoms with Crippen LogP contribution in [0.2, 0.25) is 0 Å². The molecule has 1 heterocycles. The van der Waals surface area contributed by atoms with Gasteiger partial charge >= 0.3 is 0 Å². The van der Waals surface area contributed by atoms with E-state index in [4.69, 9.17) is 0 Å². The summed E-state index contributed by atoms with van der Waals surface area (Å²) in [6.07, 6.45) is 4.82. The van der Waals surface area contributed by atoms with Gasteiger partial charge in [0.05, 0.1) is 5.92 Å². The summed E-state index contributed by atoms with van der Waals surface area (Å²) >= 11 is 0. The molecule has 2 unspecified atom stereocenters. The van der Waals surface area contributed by atoms with Crippen LogP contribution in [0.3, 0.4) is 0 Å². The lowest BCUT2D eigenvalue weighted by Crippen LogP contribution is -2.46. The number of benzene rings is 1. The van der Waals surface area contributed by atoms with E-state index in [0.717, 1.165) is 25.7 Å². The van der Waals surface area contributed by atoms with Crippen molar-refractivity contribution in [2.45, 2.75) is 38.0 Å². The summed E-state index contributed by atoms with van der Waals surface area (Å²) in [5.74, 6) is -0.786. The summed E-state index contributed by atoms with van der Waals surface area (Å²) in [6, 6.07) is 6.20. The first-order valence-electron chi connectivity index (χ1n) is 7.24. The summed E-state index contributed by atoms with van der Waals surface area (Å²) in [5.41, 5.74) is 0.687. The maximum absolute atomic E-state index is 13.4. The summed E-state index contributed by atoms with van der Waals surface area (Å²) in [5, 5.41) is 2.40. The Hall–Kier alpha value is -1.71. The lowest BCUT2D eigenvalue weighted by molar-refractivity contribution is -0.137. The molecule has 1 N–H and O–H groups in total. The Balaban J connectivity index is 1.94. The van der Waals surface area contributed by atoms with Gasteiger partial charge in [0.2, 0.25) is 11.8 Å². The van der Waals surface area contributed by atoms with Crippen LogP contribution in [0.25, 0.3) is 0 Å². The molecule has 1 aliphatic carbocycles. The molecule has 1 aliphatic heterocycles. The van der Waals surface area contributed by atoms with Gasteiger partial charge in [0.25, 0.3) is 0 Å². The van der Waals surface area contributed by atoms with Crippen LogP contribution in [0.4, 0.5) is 4.39 Å². The van der Waals surface area contributed by atoms with E-state index in [2.05, 4.69) is 5.32 Å². The molecule has 1 saturated heterocycles. The SMILES string of the molecule is O=C1CC(C2CCCC2)C(c2cccc(F)c2)C(=O)N1. The molecule has 20 heavy (non-hydrogen) atoms. The zero-order valence-electron chi connectivity index (χ0n) is 11.3. The fourth-order valence-electron chi connectivity index (χ4n) is 3.72. The smallest absolute Gasteiger partial charge is 0.234 e. The van der Waals surface area contributed by atoms with E-state index < -0.39 is 5.92 Å². The lowest BCUT2D eigenvalue weighted by Gasteiger charge is -2.34. The molecular formula is C16H18FNO2. The minimum atomic E-state index is -0.397. The third-order valence-electron chi connectivity index (χ3n) is 4.61. The fraction of sp³-hybridized carbons (Fsp3) is 0.500. The summed E-state index contributed by atoms with van der Waals surface area (Å²) in [7, 11) is 0. The number of nitrogens with one attached hydrogen (secondary N) is 1. The topological polar surface area (TPSA) is 46.2 Å². The van der Waals surface area contributed by atoms with Gasteiger partial charge in [-0.25, -0.2) is 4.39 Å². The van der Waals surface area contributed by atoms with E-state index in [1.54, 1.807) is 12.1 Å². The van der Waals surface area contributed by atoms with E-state index in [9.17, 15) is 14.0 Å². The second kappa shape index (κ2) is 5.35. The van der Waals surface area contributed by atoms with Crippen molar-refractivity contribution in [3.8, 4) is 0 Å². The van der Waals surface area contributed by atoms with Crippen LogP contribution >= 0.6 is 0 Å². The van der Waals surface area contributed by atoms with Gasteiger partial charge < -0.3 is 0 Å². The number of carbonyl (C=O) groups is 2. The van der Waals surface area contributed by atoms with Gasteiger partial charge in [0.15, 0.2) is 0 Å². The summed E-state index contributed by atoms with van der Waals surface area (Å²) < 4.78 is 13.4. The Bertz CT molecular complexity index is 537. The molecule has 0 spiro atoms. The van der Waals surface area contributed by atoms with Crippen LogP contribution in [0, 0.1) is 17.7 Å². The Labute approximate surface area is 117 Å². The zero-order valence-corrected chi connectivity index (χ0v) is 11.3. The minimum Gasteiger partial charge on any atom is -0.296 e. The maximum Gasteiger partial charge on any atom is 0.234 e. The molecule has 2 aliphatic rings. The van der Waals surface area contributed by atoms with Gasteiger partial charge in [-0.2, -0.15) is 0 Å². The molecule has 106 valence electrons. The third kappa shape index (κ3) is 2.47. The van der Waals surface area contributed by atoms with Crippen molar-refractivity contribution in [1.29, 1.82) is 0 Å². The molecule has 0 bridgehead atoms. The number of imide groups is 1. The number of carbonyl (C=O) groups excluding carboxylic acids is 2. The molecule has 4 heteroatoms. The largest absolute Gasteiger partial charge is 0.296 e. The second-order valence-corrected chi connectivity index (χ2v) is 5.86. The van der Waals surface area contributed by atoms with Crippen molar-refractivity contribution < 1.29 is 14.0 Å². The van der Waals surface area contributed by atoms with Gasteiger partial charge in [-0.1, -0.05) is 37.8 Å². The van der Waals surface area contributed by atoms with Gasteiger partial charge in [0, 0.05) is 6.42 Å². The molecule has 1 aromatic carbocycles. The summed E-state index contributed by atoms with van der Waals surface area (Å²) in [6.45, 7) is 0. The molecule has 2 fully saturated rings. The van der Waals surface area contributed by atoms with E-state index in [1.807, 2.05) is 0 Å². The Morgan fingerprint density at radius 1 is 1.15 bits per heavy atom. The van der Waals surface area contributed by atoms with E-state index in [-0.39, 0.29) is 23.5 Å². The number of amides is 2. The van der Waals surface area contributed by atoms with Crippen molar-refractivity contribution in [2.24, 2.45) is 11.8 Å². The Kier molecular flexibility index (Phi) is 3.55. The monoisotopic (exact) mass is 275 g/mol. The Morgan fingerprint density at radius 2 is 1.90 bits per heavy atom. The molecule has 2 amide bonds. The lowest BCUT2D eigenvalue weighted by atomic mass is 9.73. The van der Waals surface area contributed by atoms with Crippen molar-refractivity contribution >= 4 is 11.8 Å². The highest BCUT2D eigenvalue weighted by Crippen LogP contribution is 2.42. The van der Waals surface area contributed by atoms with E-state index >= 15 is 0 Å². The average Bonchev–Trinajstić information content (AvgIpc) is 2.91. The highest BCUT2D eigenvalue weighted by molar-refractivity contribution is 6.01. The Morgan fingerprint density at radius 3 is 2.60 bits per heavy atom. The van der Waals surface area contributed by atoms with Crippen LogP contribution in [-0.2, 0) is 9.59 Å². The van der Waals surface area contributed by atoms with Gasteiger partial charge in [-0.15, -0.1) is 0 Å². The predicted octanol–water partition coefficient (Wildman–Crippen LogP) is 2.76. The fourth-order valence-corrected chi connectivity index (χ4v) is 3.72. The van der Waals surface area contributed by atoms with Gasteiger partial charge in [-0.3, -0.25) is 14.9 Å². The molecule has 0 radical (unpaired) electrons. The normalized spacial score (nSPS) is 27.6. The van der Waals surface area contributed by atoms with Crippen molar-refractivity contribution in [3.63, 3.8) is 0 Å². The first-order valence-corrected chi connectivity index (χ1v) is 7.24. The van der Waals surface area contributed by atoms with Gasteiger partial charge in [0.1, 0.15) is 5.82 Å². The van der Waals surface area contributed by atoms with E-state index in [1.165, 1.54) is 12.1 Å². The number of hydrogen-bond donors (Lipinski definition) is 1. The average molecular weight is 275 g/mol. The zero-order chi connectivity index (χ0) is 14.1. The van der Waals surface area contributed by atoms with E-state index in [0.29, 0.717) is 17.9 Å². The molecule has 3 rings (SSSR count). The first kappa shape index (κ1) is 13.3. The third-order valence-corrected chi connectivity index (χ3v) is 4.61. The second-order valence-electron chi connectivity index (χ2n) is 5.86. The number of piperidine rings is 1. The summed E-state index contributed by atoms with van der Waals surface area (Å²) in [4.78, 5) is 23.9. The highest BCUT2D eigenvalue weighted by atomic mass is 19.1. The molecule has 2 atom stereocenters. The van der Waals surface area contributed by atoms with Gasteiger partial charge in [-0.05, 0) is 29.5 Å². The predicted molar refractivity (Wildman–Crippen MR) is 72.4 cm³/mol. The van der Waals surface area contributed by atoms with Crippen LogP contribution < -0.4 is 5.32 Å². The van der Waals surface area contributed by atoms with Crippen molar-refractivity contribution in [1.82, 2.24) is 5.32 Å². The first-order chi connectivity index (χ1) is 9.65. The van der Waals surface area contributed by atoms with Crippen LogP contribution in [0.5, 0.6) is 0 Å². The molecule has 3 nitrogen and oxygen atoms in total. The minimum absolute atomic E-state index is 0.0144. The molecule has 1 saturated carbocycles. The number of hydrogen-bond acceptors (Lipinski definition) is 2. The van der Waals surface area contributed by atoms with Crippen molar-refractivity contribution in [2.75, 3.05) is 0 Å². The quantitative estimate of drug-likeness (QED) is 0.844. The highest BCUT2D eigenvalue weighted by Gasteiger charge is 2.41. The number of rotatable bonds is 2. The maximum atomic E-state index is 13.4. The molecule has 1 aromatic rings. The number of halogens is 1. The molecular weight excluding hydrogens is 257 g/mol. The van der Waals surface area contributed by atoms with Crippen molar-refractivity contribution in [3.05, 3.63) is 35.6 Å². The van der Waals surface area contributed by atoms with Crippen LogP contribution in [0.15, 0.2) is 24.3 Å².